The van der Waals surface area contributed by atoms with Crippen molar-refractivity contribution in [3.8, 4) is 0 Å². The SMILES string of the molecule is O=C1CSc2ccc(N3C[C@H](CCCn4c(=O)[nH]c5c(Cl)ccc(Cl)c5c4=O)OC3=O)cc2N1. The first-order valence-corrected chi connectivity index (χ1v) is 12.2. The van der Waals surface area contributed by atoms with E-state index in [1.54, 1.807) is 6.07 Å². The van der Waals surface area contributed by atoms with Crippen molar-refractivity contribution in [3.63, 3.8) is 0 Å². The molecule has 176 valence electrons. The Bertz CT molecular complexity index is 1450. The van der Waals surface area contributed by atoms with Crippen LogP contribution in [0, 0.1) is 0 Å². The van der Waals surface area contributed by atoms with Crippen molar-refractivity contribution < 1.29 is 14.3 Å². The molecule has 3 aromatic rings. The molecule has 0 unspecified atom stereocenters. The number of H-pyrrole nitrogens is 1. The van der Waals surface area contributed by atoms with Gasteiger partial charge in [-0.1, -0.05) is 23.2 Å². The number of nitrogens with zero attached hydrogens (tertiary/aromatic N) is 2. The lowest BCUT2D eigenvalue weighted by Gasteiger charge is -2.20. The second-order valence-electron chi connectivity index (χ2n) is 7.94. The van der Waals surface area contributed by atoms with E-state index >= 15 is 0 Å². The minimum Gasteiger partial charge on any atom is -0.444 e. The average Bonchev–Trinajstić information content (AvgIpc) is 3.18. The summed E-state index contributed by atoms with van der Waals surface area (Å²) in [7, 11) is 0. The standard InChI is InChI=1S/C22H18Cl2N4O5S/c23-13-4-5-14(24)19-18(13)20(30)27(21(31)26-19)7-1-2-12-9-28(22(32)33-12)11-3-6-16-15(8-11)25-17(29)10-34-16/h3-6,8,12H,1-2,7,9-10H2,(H,25,29)(H,26,31)/t12-/m0/s1. The Kier molecular flexibility index (Phi) is 6.05. The zero-order chi connectivity index (χ0) is 24.0. The molecular weight excluding hydrogens is 503 g/mol. The fourth-order valence-corrected chi connectivity index (χ4v) is 5.32. The minimum atomic E-state index is -0.583. The molecule has 34 heavy (non-hydrogen) atoms. The number of halogens is 2. The third kappa shape index (κ3) is 4.17. The van der Waals surface area contributed by atoms with Gasteiger partial charge in [0.15, 0.2) is 0 Å². The number of ether oxygens (including phenoxy) is 1. The first kappa shape index (κ1) is 22.8. The summed E-state index contributed by atoms with van der Waals surface area (Å²) < 4.78 is 6.55. The predicted molar refractivity (Wildman–Crippen MR) is 131 cm³/mol. The maximum Gasteiger partial charge on any atom is 0.414 e. The Morgan fingerprint density at radius 3 is 2.71 bits per heavy atom. The predicted octanol–water partition coefficient (Wildman–Crippen LogP) is 3.85. The quantitative estimate of drug-likeness (QED) is 0.528. The van der Waals surface area contributed by atoms with Crippen molar-refractivity contribution in [3.05, 3.63) is 61.2 Å². The molecule has 0 spiro atoms. The molecule has 1 saturated heterocycles. The summed E-state index contributed by atoms with van der Waals surface area (Å²) in [6.07, 6.45) is -0.00914. The summed E-state index contributed by atoms with van der Waals surface area (Å²) in [6.45, 7) is 0.451. The van der Waals surface area contributed by atoms with Gasteiger partial charge in [0, 0.05) is 17.1 Å². The van der Waals surface area contributed by atoms with Crippen molar-refractivity contribution in [2.24, 2.45) is 0 Å². The number of nitrogens with one attached hydrogen (secondary N) is 2. The van der Waals surface area contributed by atoms with Gasteiger partial charge in [-0.3, -0.25) is 19.1 Å². The van der Waals surface area contributed by atoms with Gasteiger partial charge in [-0.2, -0.15) is 0 Å². The Morgan fingerprint density at radius 1 is 1.09 bits per heavy atom. The highest BCUT2D eigenvalue weighted by Crippen LogP contribution is 2.35. The van der Waals surface area contributed by atoms with E-state index in [0.717, 1.165) is 9.46 Å². The number of amides is 2. The van der Waals surface area contributed by atoms with Crippen molar-refractivity contribution in [1.82, 2.24) is 9.55 Å². The van der Waals surface area contributed by atoms with Gasteiger partial charge in [0.1, 0.15) is 6.10 Å². The lowest BCUT2D eigenvalue weighted by Crippen LogP contribution is -2.35. The highest BCUT2D eigenvalue weighted by atomic mass is 35.5. The molecule has 5 rings (SSSR count). The molecule has 1 fully saturated rings. The first-order valence-electron chi connectivity index (χ1n) is 10.5. The average molecular weight is 521 g/mol. The molecule has 1 aromatic heterocycles. The highest BCUT2D eigenvalue weighted by Gasteiger charge is 2.32. The van der Waals surface area contributed by atoms with Crippen molar-refractivity contribution >= 4 is 69.2 Å². The van der Waals surface area contributed by atoms with Crippen LogP contribution in [0.5, 0.6) is 0 Å². The summed E-state index contributed by atoms with van der Waals surface area (Å²) in [4.78, 5) is 54.5. The number of rotatable bonds is 5. The summed E-state index contributed by atoms with van der Waals surface area (Å²) in [6, 6.07) is 8.46. The lowest BCUT2D eigenvalue weighted by molar-refractivity contribution is -0.113. The van der Waals surface area contributed by atoms with E-state index in [9.17, 15) is 19.2 Å². The van der Waals surface area contributed by atoms with Crippen LogP contribution in [0.3, 0.4) is 0 Å². The third-order valence-corrected chi connectivity index (χ3v) is 7.43. The van der Waals surface area contributed by atoms with Crippen LogP contribution in [-0.4, -0.2) is 40.0 Å². The molecule has 2 aliphatic heterocycles. The maximum atomic E-state index is 12.9. The first-order chi connectivity index (χ1) is 16.3. The smallest absolute Gasteiger partial charge is 0.414 e. The number of anilines is 2. The second kappa shape index (κ2) is 9.01. The Labute approximate surface area is 207 Å². The molecule has 0 saturated carbocycles. The van der Waals surface area contributed by atoms with Gasteiger partial charge in [0.2, 0.25) is 5.91 Å². The number of carbonyl (C=O) groups excluding carboxylic acids is 2. The number of fused-ring (bicyclic) bond motifs is 2. The van der Waals surface area contributed by atoms with E-state index < -0.39 is 23.4 Å². The van der Waals surface area contributed by atoms with Crippen LogP contribution in [0.15, 0.2) is 44.8 Å². The van der Waals surface area contributed by atoms with Gasteiger partial charge in [0.05, 0.1) is 38.9 Å². The Balaban J connectivity index is 1.27. The normalized spacial score (nSPS) is 17.6. The van der Waals surface area contributed by atoms with Gasteiger partial charge in [-0.05, 0) is 43.2 Å². The molecule has 2 amide bonds. The van der Waals surface area contributed by atoms with E-state index in [2.05, 4.69) is 10.3 Å². The molecule has 2 N–H and O–H groups in total. The van der Waals surface area contributed by atoms with Gasteiger partial charge < -0.3 is 15.0 Å². The number of cyclic esters (lactones) is 1. The molecule has 2 aliphatic rings. The van der Waals surface area contributed by atoms with E-state index in [4.69, 9.17) is 27.9 Å². The molecule has 3 heterocycles. The fraction of sp³-hybridized carbons (Fsp3) is 0.273. The minimum absolute atomic E-state index is 0.0843. The third-order valence-electron chi connectivity index (χ3n) is 5.73. The Hall–Kier alpha value is -2.95. The van der Waals surface area contributed by atoms with Gasteiger partial charge in [-0.15, -0.1) is 11.8 Å². The van der Waals surface area contributed by atoms with Crippen LogP contribution in [0.1, 0.15) is 12.8 Å². The maximum absolute atomic E-state index is 12.9. The molecule has 12 heteroatoms. The van der Waals surface area contributed by atoms with Crippen molar-refractivity contribution in [1.29, 1.82) is 0 Å². The van der Waals surface area contributed by atoms with Crippen molar-refractivity contribution in [2.45, 2.75) is 30.4 Å². The van der Waals surface area contributed by atoms with Gasteiger partial charge in [0.25, 0.3) is 5.56 Å². The van der Waals surface area contributed by atoms with Crippen LogP contribution in [0.25, 0.3) is 10.9 Å². The molecule has 9 nitrogen and oxygen atoms in total. The van der Waals surface area contributed by atoms with E-state index in [-0.39, 0.29) is 33.4 Å². The molecule has 0 radical (unpaired) electrons. The zero-order valence-electron chi connectivity index (χ0n) is 17.6. The van der Waals surface area contributed by atoms with E-state index in [1.807, 2.05) is 12.1 Å². The fourth-order valence-electron chi connectivity index (χ4n) is 4.09. The summed E-state index contributed by atoms with van der Waals surface area (Å²) >= 11 is 13.7. The molecular formula is C22H18Cl2N4O5S. The molecule has 0 bridgehead atoms. The number of hydrogen-bond donors (Lipinski definition) is 2. The topological polar surface area (TPSA) is 114 Å². The molecule has 2 aromatic carbocycles. The van der Waals surface area contributed by atoms with Crippen LogP contribution >= 0.6 is 35.0 Å². The van der Waals surface area contributed by atoms with Crippen LogP contribution < -0.4 is 21.5 Å². The highest BCUT2D eigenvalue weighted by molar-refractivity contribution is 8.00. The van der Waals surface area contributed by atoms with Crippen molar-refractivity contribution in [2.75, 3.05) is 22.5 Å². The van der Waals surface area contributed by atoms with E-state index in [1.165, 1.54) is 28.8 Å². The number of aromatic nitrogens is 2. The monoisotopic (exact) mass is 520 g/mol. The summed E-state index contributed by atoms with van der Waals surface area (Å²) in [5, 5.41) is 3.41. The largest absolute Gasteiger partial charge is 0.444 e. The number of carbonyl (C=O) groups is 2. The number of hydrogen-bond acceptors (Lipinski definition) is 6. The lowest BCUT2D eigenvalue weighted by atomic mass is 10.2. The summed E-state index contributed by atoms with van der Waals surface area (Å²) in [5.74, 6) is 0.279. The van der Waals surface area contributed by atoms with Crippen LogP contribution in [0.4, 0.5) is 16.2 Å². The molecule has 0 aliphatic carbocycles. The van der Waals surface area contributed by atoms with E-state index in [0.29, 0.717) is 36.5 Å². The summed E-state index contributed by atoms with van der Waals surface area (Å²) in [5.41, 5.74) is 0.401. The number of thioether (sulfide) groups is 1. The van der Waals surface area contributed by atoms with Gasteiger partial charge in [-0.25, -0.2) is 9.59 Å². The number of benzene rings is 2. The molecule has 1 atom stereocenters. The Morgan fingerprint density at radius 2 is 1.88 bits per heavy atom. The number of aromatic amines is 1. The van der Waals surface area contributed by atoms with Crippen LogP contribution in [-0.2, 0) is 16.1 Å². The zero-order valence-corrected chi connectivity index (χ0v) is 19.9. The second-order valence-corrected chi connectivity index (χ2v) is 9.77. The van der Waals surface area contributed by atoms with Gasteiger partial charge >= 0.3 is 11.8 Å². The van der Waals surface area contributed by atoms with Crippen LogP contribution in [0.2, 0.25) is 10.0 Å².